The molecule has 26 heavy (non-hydrogen) atoms. The van der Waals surface area contributed by atoms with Gasteiger partial charge in [-0.15, -0.1) is 0 Å². The van der Waals surface area contributed by atoms with Crippen molar-refractivity contribution in [3.05, 3.63) is 46.5 Å². The first-order valence-electron chi connectivity index (χ1n) is 8.85. The summed E-state index contributed by atoms with van der Waals surface area (Å²) in [6, 6.07) is 4.73. The monoisotopic (exact) mass is 357 g/mol. The minimum absolute atomic E-state index is 0.138. The average molecular weight is 357 g/mol. The summed E-state index contributed by atoms with van der Waals surface area (Å²) in [7, 11) is 0. The summed E-state index contributed by atoms with van der Waals surface area (Å²) in [4.78, 5) is 23.6. The minimum atomic E-state index is -0.823. The number of hydrogen-bond acceptors (Lipinski definition) is 3. The largest absolute Gasteiger partial charge is 0.481 e. The maximum absolute atomic E-state index is 14.4. The number of rotatable bonds is 4. The van der Waals surface area contributed by atoms with E-state index in [2.05, 4.69) is 10.4 Å². The summed E-state index contributed by atoms with van der Waals surface area (Å²) >= 11 is 0. The summed E-state index contributed by atoms with van der Waals surface area (Å²) in [5.41, 5.74) is 3.25. The summed E-state index contributed by atoms with van der Waals surface area (Å²) in [5.74, 6) is -1.87. The van der Waals surface area contributed by atoms with Crippen LogP contribution in [0.25, 0.3) is 5.69 Å². The topological polar surface area (TPSA) is 84.2 Å². The van der Waals surface area contributed by atoms with E-state index < -0.39 is 5.97 Å². The summed E-state index contributed by atoms with van der Waals surface area (Å²) in [5, 5.41) is 16.3. The highest BCUT2D eigenvalue weighted by atomic mass is 19.1. The molecular formula is C19H20FN3O3. The van der Waals surface area contributed by atoms with Crippen molar-refractivity contribution in [3.8, 4) is 5.69 Å². The Hall–Kier alpha value is -2.70. The Bertz CT molecular complexity index is 879. The molecule has 0 unspecified atom stereocenters. The number of aromatic nitrogens is 2. The molecule has 1 saturated carbocycles. The number of carboxylic acids is 1. The third-order valence-corrected chi connectivity index (χ3v) is 5.37. The molecule has 4 rings (SSSR count). The normalized spacial score (nSPS) is 21.2. The van der Waals surface area contributed by atoms with E-state index in [0.717, 1.165) is 36.1 Å². The fraction of sp³-hybridized carbons (Fsp3) is 0.421. The Morgan fingerprint density at radius 1 is 1.31 bits per heavy atom. The molecule has 7 heteroatoms. The number of carbonyl (C=O) groups is 2. The van der Waals surface area contributed by atoms with Gasteiger partial charge in [-0.3, -0.25) is 9.59 Å². The molecule has 136 valence electrons. The van der Waals surface area contributed by atoms with Gasteiger partial charge in [0, 0.05) is 17.3 Å². The average Bonchev–Trinajstić information content (AvgIpc) is 3.13. The fourth-order valence-electron chi connectivity index (χ4n) is 3.89. The van der Waals surface area contributed by atoms with Crippen molar-refractivity contribution in [1.29, 1.82) is 0 Å². The second kappa shape index (κ2) is 6.23. The molecule has 0 bridgehead atoms. The highest BCUT2D eigenvalue weighted by molar-refractivity contribution is 5.94. The first-order chi connectivity index (χ1) is 12.5. The molecule has 1 heterocycles. The van der Waals surface area contributed by atoms with E-state index in [-0.39, 0.29) is 23.7 Å². The maximum atomic E-state index is 14.4. The number of para-hydroxylation sites is 1. The lowest BCUT2D eigenvalue weighted by molar-refractivity contribution is -0.145. The molecule has 0 atom stereocenters. The zero-order valence-electron chi connectivity index (χ0n) is 14.5. The van der Waals surface area contributed by atoms with Crippen LogP contribution in [0.1, 0.15) is 46.6 Å². The third kappa shape index (κ3) is 2.67. The van der Waals surface area contributed by atoms with E-state index >= 15 is 0 Å². The SMILES string of the molecule is Cc1cccc(F)c1-n1nc(C(=O)NC2CC(C(=O)O)C2)c2c1CCC2. The van der Waals surface area contributed by atoms with E-state index in [9.17, 15) is 14.0 Å². The van der Waals surface area contributed by atoms with Crippen molar-refractivity contribution in [3.63, 3.8) is 0 Å². The van der Waals surface area contributed by atoms with Gasteiger partial charge in [0.25, 0.3) is 5.91 Å². The van der Waals surface area contributed by atoms with Gasteiger partial charge >= 0.3 is 5.97 Å². The van der Waals surface area contributed by atoms with Gasteiger partial charge in [-0.1, -0.05) is 12.1 Å². The molecule has 2 aromatic rings. The summed E-state index contributed by atoms with van der Waals surface area (Å²) < 4.78 is 16.0. The van der Waals surface area contributed by atoms with Crippen LogP contribution in [0.3, 0.4) is 0 Å². The molecular weight excluding hydrogens is 337 g/mol. The molecule has 2 N–H and O–H groups in total. The zero-order valence-corrected chi connectivity index (χ0v) is 14.5. The number of nitrogens with one attached hydrogen (secondary N) is 1. The lowest BCUT2D eigenvalue weighted by Gasteiger charge is -2.32. The first kappa shape index (κ1) is 16.8. The molecule has 1 fully saturated rings. The number of fused-ring (bicyclic) bond motifs is 1. The van der Waals surface area contributed by atoms with E-state index in [1.165, 1.54) is 6.07 Å². The highest BCUT2D eigenvalue weighted by Crippen LogP contribution is 2.31. The van der Waals surface area contributed by atoms with Crippen LogP contribution >= 0.6 is 0 Å². The van der Waals surface area contributed by atoms with Crippen LogP contribution in [0.15, 0.2) is 18.2 Å². The van der Waals surface area contributed by atoms with Gasteiger partial charge in [0.2, 0.25) is 0 Å². The molecule has 0 radical (unpaired) electrons. The lowest BCUT2D eigenvalue weighted by atomic mass is 9.80. The van der Waals surface area contributed by atoms with E-state index in [1.54, 1.807) is 10.7 Å². The number of benzene rings is 1. The Morgan fingerprint density at radius 3 is 2.77 bits per heavy atom. The number of halogens is 1. The van der Waals surface area contributed by atoms with Crippen LogP contribution in [0, 0.1) is 18.7 Å². The van der Waals surface area contributed by atoms with Crippen molar-refractivity contribution in [2.45, 2.75) is 45.1 Å². The van der Waals surface area contributed by atoms with Gasteiger partial charge < -0.3 is 10.4 Å². The Labute approximate surface area is 150 Å². The predicted octanol–water partition coefficient (Wildman–Crippen LogP) is 2.40. The van der Waals surface area contributed by atoms with Gasteiger partial charge in [0.1, 0.15) is 11.5 Å². The molecule has 1 aromatic carbocycles. The van der Waals surface area contributed by atoms with Crippen LogP contribution in [0.2, 0.25) is 0 Å². The van der Waals surface area contributed by atoms with E-state index in [4.69, 9.17) is 5.11 Å². The second-order valence-corrected chi connectivity index (χ2v) is 7.12. The molecule has 1 aromatic heterocycles. The van der Waals surface area contributed by atoms with Crippen molar-refractivity contribution < 1.29 is 19.1 Å². The number of aliphatic carboxylic acids is 1. The molecule has 1 amide bonds. The molecule has 2 aliphatic carbocycles. The Balaban J connectivity index is 1.63. The third-order valence-electron chi connectivity index (χ3n) is 5.37. The summed E-state index contributed by atoms with van der Waals surface area (Å²) in [6.45, 7) is 1.82. The first-order valence-corrected chi connectivity index (χ1v) is 8.85. The second-order valence-electron chi connectivity index (χ2n) is 7.12. The highest BCUT2D eigenvalue weighted by Gasteiger charge is 2.37. The Morgan fingerprint density at radius 2 is 2.08 bits per heavy atom. The number of aryl methyl sites for hydroxylation is 1. The molecule has 0 aliphatic heterocycles. The van der Waals surface area contributed by atoms with E-state index in [0.29, 0.717) is 24.2 Å². The lowest BCUT2D eigenvalue weighted by Crippen LogP contribution is -2.47. The van der Waals surface area contributed by atoms with Crippen molar-refractivity contribution in [2.24, 2.45) is 5.92 Å². The van der Waals surface area contributed by atoms with Gasteiger partial charge in [-0.05, 0) is 50.7 Å². The van der Waals surface area contributed by atoms with Crippen LogP contribution in [0.5, 0.6) is 0 Å². The fourth-order valence-corrected chi connectivity index (χ4v) is 3.89. The molecule has 2 aliphatic rings. The Kier molecular flexibility index (Phi) is 4.01. The van der Waals surface area contributed by atoms with Gasteiger partial charge in [0.15, 0.2) is 5.69 Å². The van der Waals surface area contributed by atoms with Crippen LogP contribution in [-0.2, 0) is 17.6 Å². The number of carbonyl (C=O) groups excluding carboxylic acids is 1. The smallest absolute Gasteiger partial charge is 0.306 e. The number of amides is 1. The molecule has 0 saturated heterocycles. The minimum Gasteiger partial charge on any atom is -0.481 e. The van der Waals surface area contributed by atoms with Crippen molar-refractivity contribution >= 4 is 11.9 Å². The number of carboxylic acid groups (broad SMARTS) is 1. The van der Waals surface area contributed by atoms with Crippen LogP contribution < -0.4 is 5.32 Å². The zero-order chi connectivity index (χ0) is 18.4. The summed E-state index contributed by atoms with van der Waals surface area (Å²) in [6.07, 6.45) is 3.29. The molecule has 6 nitrogen and oxygen atoms in total. The van der Waals surface area contributed by atoms with Crippen molar-refractivity contribution in [2.75, 3.05) is 0 Å². The van der Waals surface area contributed by atoms with Crippen LogP contribution in [0.4, 0.5) is 4.39 Å². The number of nitrogens with zero attached hydrogens (tertiary/aromatic N) is 2. The van der Waals surface area contributed by atoms with Crippen LogP contribution in [-0.4, -0.2) is 32.8 Å². The predicted molar refractivity (Wildman–Crippen MR) is 91.9 cm³/mol. The van der Waals surface area contributed by atoms with Crippen molar-refractivity contribution in [1.82, 2.24) is 15.1 Å². The van der Waals surface area contributed by atoms with Gasteiger partial charge in [-0.2, -0.15) is 5.10 Å². The molecule has 0 spiro atoms. The number of hydrogen-bond donors (Lipinski definition) is 2. The van der Waals surface area contributed by atoms with E-state index in [1.807, 2.05) is 13.0 Å². The standard InChI is InChI=1S/C19H20FN3O3/c1-10-4-2-6-14(20)17(10)23-15-7-3-5-13(15)16(22-23)18(24)21-12-8-11(9-12)19(25)26/h2,4,6,11-12H,3,5,7-9H2,1H3,(H,21,24)(H,25,26). The van der Waals surface area contributed by atoms with Gasteiger partial charge in [-0.25, -0.2) is 9.07 Å². The maximum Gasteiger partial charge on any atom is 0.306 e. The van der Waals surface area contributed by atoms with Gasteiger partial charge in [0.05, 0.1) is 5.92 Å². The quantitative estimate of drug-likeness (QED) is 0.880.